The maximum absolute atomic E-state index is 10.3. The van der Waals surface area contributed by atoms with Gasteiger partial charge in [-0.25, -0.2) is 4.79 Å². The van der Waals surface area contributed by atoms with Gasteiger partial charge in [-0.05, 0) is 6.92 Å². The van der Waals surface area contributed by atoms with Gasteiger partial charge in [-0.15, -0.1) is 0 Å². The van der Waals surface area contributed by atoms with Crippen molar-refractivity contribution in [1.29, 1.82) is 0 Å². The van der Waals surface area contributed by atoms with Gasteiger partial charge in [0.25, 0.3) is 0 Å². The Hall–Kier alpha value is -0.280. The molecule has 0 fully saturated rings. The van der Waals surface area contributed by atoms with Crippen LogP contribution in [0.3, 0.4) is 0 Å². The van der Waals surface area contributed by atoms with Crippen molar-refractivity contribution in [3.05, 3.63) is 12.2 Å². The minimum Gasteiger partial charge on any atom is -0.238 e. The molecular weight excluding hydrogens is 143 g/mol. The minimum absolute atomic E-state index is 0.910. The van der Waals surface area contributed by atoms with Gasteiger partial charge in [0, 0.05) is 6.08 Å². The first kappa shape index (κ1) is 8.72. The Bertz CT molecular complexity index is 134. The summed E-state index contributed by atoms with van der Waals surface area (Å²) in [5, 5.41) is 0. The fourth-order valence-electron chi connectivity index (χ4n) is 0.243. The molecule has 0 bridgehead atoms. The Kier molecular flexibility index (Phi) is 2.94. The van der Waals surface area contributed by atoms with E-state index in [-0.39, 0.29) is 0 Å². The summed E-state index contributed by atoms with van der Waals surface area (Å²) < 4.78 is 0. The molecule has 4 nitrogen and oxygen atoms in total. The quantitative estimate of drug-likeness (QED) is 0.378. The number of rotatable bonds is 2. The summed E-state index contributed by atoms with van der Waals surface area (Å²) in [7, 11) is -4.25. The zero-order valence-corrected chi connectivity index (χ0v) is 5.75. The van der Waals surface area contributed by atoms with Crippen LogP contribution in [-0.2, 0) is 4.79 Å². The van der Waals surface area contributed by atoms with Gasteiger partial charge in [0.1, 0.15) is 0 Å². The van der Waals surface area contributed by atoms with Crippen LogP contribution in [0.2, 0.25) is 0 Å². The third kappa shape index (κ3) is 3.32. The van der Waals surface area contributed by atoms with Crippen molar-refractivity contribution in [1.82, 2.24) is 0 Å². The Labute approximate surface area is 53.0 Å². The van der Waals surface area contributed by atoms with Gasteiger partial charge in [0.15, 0.2) is 0 Å². The largest absolute Gasteiger partial charge is 0.483 e. The molecule has 0 radical (unpaired) electrons. The van der Waals surface area contributed by atoms with Gasteiger partial charge in [-0.2, -0.15) is 14.7 Å². The molecule has 0 atom stereocenters. The number of hydrogen-bond acceptors (Lipinski definition) is 4. The van der Waals surface area contributed by atoms with Crippen LogP contribution in [0.15, 0.2) is 12.2 Å². The summed E-state index contributed by atoms with van der Waals surface area (Å²) in [6, 6.07) is 0. The van der Waals surface area contributed by atoms with Crippen LogP contribution >= 0.6 is 7.94 Å². The van der Waals surface area contributed by atoms with Gasteiger partial charge in [-0.1, -0.05) is 6.08 Å². The van der Waals surface area contributed by atoms with E-state index in [1.54, 1.807) is 0 Å². The number of allylic oxidation sites excluding steroid dienone is 2. The summed E-state index contributed by atoms with van der Waals surface area (Å²) in [6.45, 7) is 1.54. The third-order valence-corrected chi connectivity index (χ3v) is 1.35. The normalized spacial score (nSPS) is 12.4. The van der Waals surface area contributed by atoms with Gasteiger partial charge < -0.3 is 0 Å². The van der Waals surface area contributed by atoms with Crippen molar-refractivity contribution in [2.45, 2.75) is 6.92 Å². The summed E-state index contributed by atoms with van der Waals surface area (Å²) in [4.78, 5) is 35.0. The molecule has 52 valence electrons. The molecule has 0 aliphatic heterocycles. The van der Waals surface area contributed by atoms with E-state index < -0.39 is 13.5 Å². The predicted octanol–water partition coefficient (Wildman–Crippen LogP) is -0.171. The molecule has 0 saturated carbocycles. The second-order valence-electron chi connectivity index (χ2n) is 1.41. The van der Waals surface area contributed by atoms with E-state index >= 15 is 0 Å². The van der Waals surface area contributed by atoms with E-state index in [0.717, 1.165) is 6.08 Å². The summed E-state index contributed by atoms with van der Waals surface area (Å²) in [5.41, 5.74) is -1.04. The molecule has 0 aromatic carbocycles. The van der Waals surface area contributed by atoms with E-state index in [2.05, 4.69) is 0 Å². The predicted molar refractivity (Wildman–Crippen MR) is 33.4 cm³/mol. The van der Waals surface area contributed by atoms with Crippen LogP contribution in [0.1, 0.15) is 6.92 Å². The van der Waals surface area contributed by atoms with E-state index in [9.17, 15) is 4.79 Å². The van der Waals surface area contributed by atoms with Crippen LogP contribution in [0.25, 0.3) is 0 Å². The van der Waals surface area contributed by atoms with Crippen LogP contribution < -0.4 is 0 Å². The highest BCUT2D eigenvalue weighted by atomic mass is 31.2. The second-order valence-corrected chi connectivity index (χ2v) is 2.98. The maximum atomic E-state index is 10.3. The first-order chi connectivity index (χ1) is 3.98. The summed E-state index contributed by atoms with van der Waals surface area (Å²) in [6.07, 6.45) is 2.23. The Morgan fingerprint density at radius 1 is 1.44 bits per heavy atom. The highest BCUT2D eigenvalue weighted by molar-refractivity contribution is 7.76. The van der Waals surface area contributed by atoms with E-state index in [0.29, 0.717) is 0 Å². The van der Waals surface area contributed by atoms with Crippen LogP contribution in [0, 0.1) is 0 Å². The van der Waals surface area contributed by atoms with Crippen molar-refractivity contribution in [2.24, 2.45) is 0 Å². The molecule has 0 unspecified atom stereocenters. The molecule has 3 N–H and O–H groups in total. The second kappa shape index (κ2) is 3.03. The summed E-state index contributed by atoms with van der Waals surface area (Å²) in [5.74, 6) is 0. The SMILES string of the molecule is CC=CC(=O)[P+](O)(O)O. The Balaban J connectivity index is 4.06. The van der Waals surface area contributed by atoms with Crippen LogP contribution in [-0.4, -0.2) is 20.2 Å². The Morgan fingerprint density at radius 3 is 2.00 bits per heavy atom. The zero-order chi connectivity index (χ0) is 7.49. The van der Waals surface area contributed by atoms with Crippen molar-refractivity contribution in [3.63, 3.8) is 0 Å². The van der Waals surface area contributed by atoms with Crippen molar-refractivity contribution >= 4 is 13.5 Å². The van der Waals surface area contributed by atoms with Gasteiger partial charge in [-0.3, -0.25) is 0 Å². The van der Waals surface area contributed by atoms with E-state index in [4.69, 9.17) is 14.7 Å². The van der Waals surface area contributed by atoms with Crippen molar-refractivity contribution in [3.8, 4) is 0 Å². The molecule has 0 amide bonds. The lowest BCUT2D eigenvalue weighted by atomic mass is 10.6. The van der Waals surface area contributed by atoms with Crippen molar-refractivity contribution < 1.29 is 19.5 Å². The summed E-state index contributed by atoms with van der Waals surface area (Å²) >= 11 is 0. The molecule has 0 spiro atoms. The lowest BCUT2D eigenvalue weighted by Crippen LogP contribution is -2.00. The smallest absolute Gasteiger partial charge is 0.238 e. The van der Waals surface area contributed by atoms with E-state index in [1.165, 1.54) is 13.0 Å². The Morgan fingerprint density at radius 2 is 1.89 bits per heavy atom. The standard InChI is InChI=1S/C4H8O4P/c1-2-3-4(5)9(6,7)8/h2-3,6-8H,1H3/q+1. The fraction of sp³-hybridized carbons (Fsp3) is 0.250. The number of carbonyl (C=O) groups excluding carboxylic acids is 1. The molecule has 0 aromatic heterocycles. The zero-order valence-electron chi connectivity index (χ0n) is 4.85. The maximum Gasteiger partial charge on any atom is 0.483 e. The van der Waals surface area contributed by atoms with Crippen LogP contribution in [0.5, 0.6) is 0 Å². The molecule has 5 heteroatoms. The monoisotopic (exact) mass is 151 g/mol. The number of carbonyl (C=O) groups is 1. The molecule has 0 aromatic rings. The first-order valence-electron chi connectivity index (χ1n) is 2.23. The molecule has 0 aliphatic carbocycles. The van der Waals surface area contributed by atoms with Crippen LogP contribution in [0.4, 0.5) is 0 Å². The fourth-order valence-corrected chi connectivity index (χ4v) is 0.592. The highest BCUT2D eigenvalue weighted by Crippen LogP contribution is 2.45. The lowest BCUT2D eigenvalue weighted by molar-refractivity contribution is -0.110. The van der Waals surface area contributed by atoms with Gasteiger partial charge in [0.05, 0.1) is 0 Å². The molecule has 0 heterocycles. The third-order valence-electron chi connectivity index (χ3n) is 0.605. The first-order valence-corrected chi connectivity index (χ1v) is 3.87. The highest BCUT2D eigenvalue weighted by Gasteiger charge is 2.39. The van der Waals surface area contributed by atoms with E-state index in [1.807, 2.05) is 0 Å². The lowest BCUT2D eigenvalue weighted by Gasteiger charge is -1.94. The molecule has 0 rings (SSSR count). The molecular formula is C4H8O4P+. The van der Waals surface area contributed by atoms with Gasteiger partial charge in [0.2, 0.25) is 0 Å². The molecule has 0 aliphatic rings. The molecule has 0 saturated heterocycles. The minimum atomic E-state index is -4.25. The number of hydrogen-bond donors (Lipinski definition) is 3. The van der Waals surface area contributed by atoms with Crippen molar-refractivity contribution in [2.75, 3.05) is 0 Å². The average molecular weight is 151 g/mol. The molecule has 9 heavy (non-hydrogen) atoms. The average Bonchev–Trinajstić information content (AvgIpc) is 1.64. The topological polar surface area (TPSA) is 77.8 Å². The van der Waals surface area contributed by atoms with Gasteiger partial charge >= 0.3 is 13.5 Å².